The molecule has 3 rings (SSSR count). The third-order valence-corrected chi connectivity index (χ3v) is 4.49. The number of halogens is 1. The largest absolute Gasteiger partial charge is 0.496 e. The number of nitrogens with two attached hydrogens (primary N) is 1. The quantitative estimate of drug-likeness (QED) is 0.917. The van der Waals surface area contributed by atoms with Gasteiger partial charge in [0.2, 0.25) is 0 Å². The van der Waals surface area contributed by atoms with Crippen LogP contribution in [0.2, 0.25) is 0 Å². The van der Waals surface area contributed by atoms with E-state index < -0.39 is 6.09 Å². The summed E-state index contributed by atoms with van der Waals surface area (Å²) in [6.07, 6.45) is -0.420. The van der Waals surface area contributed by atoms with Crippen LogP contribution < -0.4 is 10.5 Å². The number of benzene rings is 2. The van der Waals surface area contributed by atoms with Crippen LogP contribution in [0.5, 0.6) is 5.75 Å². The Labute approximate surface area is 140 Å². The Morgan fingerprint density at radius 1 is 1.25 bits per heavy atom. The molecular formula is C19H20FNO3. The highest BCUT2D eigenvalue weighted by Crippen LogP contribution is 2.48. The lowest BCUT2D eigenvalue weighted by Crippen LogP contribution is -2.25. The number of methoxy groups -OCH3 is 1. The van der Waals surface area contributed by atoms with Crippen molar-refractivity contribution in [3.8, 4) is 16.9 Å². The van der Waals surface area contributed by atoms with Gasteiger partial charge in [-0.25, -0.2) is 9.18 Å². The fourth-order valence-corrected chi connectivity index (χ4v) is 3.43. The molecule has 0 saturated carbocycles. The Kier molecular flexibility index (Phi) is 3.95. The van der Waals surface area contributed by atoms with E-state index in [2.05, 4.69) is 0 Å². The molecule has 5 heteroatoms. The number of fused-ring (bicyclic) bond motifs is 1. The maximum absolute atomic E-state index is 13.6. The van der Waals surface area contributed by atoms with Crippen molar-refractivity contribution >= 4 is 6.09 Å². The van der Waals surface area contributed by atoms with Crippen LogP contribution in [0.3, 0.4) is 0 Å². The molecule has 1 atom stereocenters. The van der Waals surface area contributed by atoms with Gasteiger partial charge in [-0.2, -0.15) is 0 Å². The van der Waals surface area contributed by atoms with Gasteiger partial charge in [-0.3, -0.25) is 0 Å². The number of carbonyl (C=O) groups is 1. The molecule has 1 aliphatic carbocycles. The monoisotopic (exact) mass is 329 g/mol. The van der Waals surface area contributed by atoms with E-state index in [4.69, 9.17) is 15.2 Å². The molecular weight excluding hydrogens is 309 g/mol. The minimum absolute atomic E-state index is 0.248. The number of carbonyl (C=O) groups excluding carboxylic acids is 1. The lowest BCUT2D eigenvalue weighted by atomic mass is 9.87. The number of hydrogen-bond acceptors (Lipinski definition) is 3. The summed E-state index contributed by atoms with van der Waals surface area (Å²) in [7, 11) is 1.56. The van der Waals surface area contributed by atoms with Crippen molar-refractivity contribution in [2.24, 2.45) is 11.1 Å². The van der Waals surface area contributed by atoms with Crippen molar-refractivity contribution in [3.05, 3.63) is 53.3 Å². The smallest absolute Gasteiger partial charge is 0.405 e. The summed E-state index contributed by atoms with van der Waals surface area (Å²) in [5.74, 6) is 0.292. The number of amides is 1. The van der Waals surface area contributed by atoms with E-state index in [1.54, 1.807) is 13.2 Å². The summed E-state index contributed by atoms with van der Waals surface area (Å²) in [4.78, 5) is 11.2. The summed E-state index contributed by atoms with van der Waals surface area (Å²) in [6, 6.07) is 10.2. The predicted octanol–water partition coefficient (Wildman–Crippen LogP) is 4.22. The molecule has 2 N–H and O–H groups in total. The highest BCUT2D eigenvalue weighted by atomic mass is 19.1. The van der Waals surface area contributed by atoms with E-state index in [1.165, 1.54) is 12.1 Å². The first-order chi connectivity index (χ1) is 11.3. The number of ether oxygens (including phenoxy) is 2. The second kappa shape index (κ2) is 5.82. The zero-order valence-electron chi connectivity index (χ0n) is 13.9. The SMILES string of the molecule is COc1ccc(F)cc1-c1ccc2c(c1)CC(C)(C)C2OC(N)=O. The van der Waals surface area contributed by atoms with Crippen LogP contribution in [-0.4, -0.2) is 13.2 Å². The second-order valence-corrected chi connectivity index (χ2v) is 6.74. The van der Waals surface area contributed by atoms with E-state index in [1.807, 2.05) is 32.0 Å². The summed E-state index contributed by atoms with van der Waals surface area (Å²) in [5.41, 5.74) is 8.52. The zero-order chi connectivity index (χ0) is 17.5. The third kappa shape index (κ3) is 2.82. The van der Waals surface area contributed by atoms with E-state index in [0.717, 1.165) is 23.1 Å². The maximum atomic E-state index is 13.6. The first-order valence-electron chi connectivity index (χ1n) is 7.74. The molecule has 0 saturated heterocycles. The molecule has 1 amide bonds. The summed E-state index contributed by atoms with van der Waals surface area (Å²) in [5, 5.41) is 0. The Hall–Kier alpha value is -2.56. The summed E-state index contributed by atoms with van der Waals surface area (Å²) in [6.45, 7) is 4.06. The van der Waals surface area contributed by atoms with Crippen LogP contribution in [-0.2, 0) is 11.2 Å². The Bertz CT molecular complexity index is 801. The van der Waals surface area contributed by atoms with Gasteiger partial charge in [0, 0.05) is 11.0 Å². The normalized spacial score (nSPS) is 18.1. The molecule has 2 aromatic carbocycles. The molecule has 0 aliphatic heterocycles. The van der Waals surface area contributed by atoms with Crippen LogP contribution in [0.4, 0.5) is 9.18 Å². The minimum atomic E-state index is -0.781. The number of primary amides is 1. The maximum Gasteiger partial charge on any atom is 0.405 e. The molecule has 24 heavy (non-hydrogen) atoms. The van der Waals surface area contributed by atoms with Gasteiger partial charge in [0.15, 0.2) is 0 Å². The van der Waals surface area contributed by atoms with E-state index in [9.17, 15) is 9.18 Å². The van der Waals surface area contributed by atoms with E-state index in [0.29, 0.717) is 11.3 Å². The first-order valence-corrected chi connectivity index (χ1v) is 7.74. The first kappa shape index (κ1) is 16.3. The van der Waals surface area contributed by atoms with Crippen LogP contribution in [0.25, 0.3) is 11.1 Å². The van der Waals surface area contributed by atoms with Gasteiger partial charge in [0.05, 0.1) is 7.11 Å². The van der Waals surface area contributed by atoms with Gasteiger partial charge >= 0.3 is 6.09 Å². The lowest BCUT2D eigenvalue weighted by molar-refractivity contribution is 0.0392. The van der Waals surface area contributed by atoms with Gasteiger partial charge in [-0.05, 0) is 41.3 Å². The molecule has 0 heterocycles. The Morgan fingerprint density at radius 2 is 2.00 bits per heavy atom. The van der Waals surface area contributed by atoms with Gasteiger partial charge in [0.25, 0.3) is 0 Å². The van der Waals surface area contributed by atoms with Crippen molar-refractivity contribution in [2.75, 3.05) is 7.11 Å². The molecule has 0 fully saturated rings. The molecule has 0 spiro atoms. The Morgan fingerprint density at radius 3 is 2.67 bits per heavy atom. The molecule has 126 valence electrons. The van der Waals surface area contributed by atoms with Crippen molar-refractivity contribution in [2.45, 2.75) is 26.4 Å². The third-order valence-electron chi connectivity index (χ3n) is 4.49. The lowest BCUT2D eigenvalue weighted by Gasteiger charge is -2.26. The molecule has 1 unspecified atom stereocenters. The topological polar surface area (TPSA) is 61.6 Å². The highest BCUT2D eigenvalue weighted by molar-refractivity contribution is 5.72. The van der Waals surface area contributed by atoms with Crippen molar-refractivity contribution in [1.29, 1.82) is 0 Å². The number of hydrogen-bond donors (Lipinski definition) is 1. The molecule has 0 bridgehead atoms. The van der Waals surface area contributed by atoms with Crippen LogP contribution in [0.15, 0.2) is 36.4 Å². The van der Waals surface area contributed by atoms with Gasteiger partial charge < -0.3 is 15.2 Å². The van der Waals surface area contributed by atoms with E-state index in [-0.39, 0.29) is 17.3 Å². The summed E-state index contributed by atoms with van der Waals surface area (Å²) < 4.78 is 24.3. The van der Waals surface area contributed by atoms with E-state index >= 15 is 0 Å². The van der Waals surface area contributed by atoms with Crippen molar-refractivity contribution in [1.82, 2.24) is 0 Å². The van der Waals surface area contributed by atoms with Crippen LogP contribution >= 0.6 is 0 Å². The summed E-state index contributed by atoms with van der Waals surface area (Å²) >= 11 is 0. The van der Waals surface area contributed by atoms with Crippen LogP contribution in [0.1, 0.15) is 31.1 Å². The zero-order valence-corrected chi connectivity index (χ0v) is 13.9. The molecule has 0 radical (unpaired) electrons. The predicted molar refractivity (Wildman–Crippen MR) is 89.3 cm³/mol. The molecule has 4 nitrogen and oxygen atoms in total. The number of rotatable bonds is 3. The van der Waals surface area contributed by atoms with Crippen LogP contribution in [0, 0.1) is 11.2 Å². The van der Waals surface area contributed by atoms with Gasteiger partial charge in [-0.15, -0.1) is 0 Å². The van der Waals surface area contributed by atoms with Gasteiger partial charge in [-0.1, -0.05) is 32.0 Å². The molecule has 2 aromatic rings. The minimum Gasteiger partial charge on any atom is -0.496 e. The van der Waals surface area contributed by atoms with Gasteiger partial charge in [0.1, 0.15) is 17.7 Å². The fourth-order valence-electron chi connectivity index (χ4n) is 3.43. The highest BCUT2D eigenvalue weighted by Gasteiger charge is 2.41. The standard InChI is InChI=1S/C19H20FNO3/c1-19(2)10-12-8-11(4-6-14(12)17(19)24-18(21)22)15-9-13(20)5-7-16(15)23-3/h4-9,17H,10H2,1-3H3,(H2,21,22). The molecule has 1 aliphatic rings. The molecule has 0 aromatic heterocycles. The van der Waals surface area contributed by atoms with Crippen molar-refractivity contribution < 1.29 is 18.7 Å². The second-order valence-electron chi connectivity index (χ2n) is 6.74. The fraction of sp³-hybridized carbons (Fsp3) is 0.316. The van der Waals surface area contributed by atoms with Crippen molar-refractivity contribution in [3.63, 3.8) is 0 Å². The average molecular weight is 329 g/mol. The average Bonchev–Trinajstić information content (AvgIpc) is 2.76. The Balaban J connectivity index is 2.06.